The highest BCUT2D eigenvalue weighted by Gasteiger charge is 2.49. The number of aryl methyl sites for hydroxylation is 1. The summed E-state index contributed by atoms with van der Waals surface area (Å²) >= 11 is 1.09. The van der Waals surface area contributed by atoms with Crippen LogP contribution in [0.15, 0.2) is 24.3 Å². The summed E-state index contributed by atoms with van der Waals surface area (Å²) in [6.45, 7) is 7.74. The Balaban J connectivity index is 1.38. The van der Waals surface area contributed by atoms with E-state index in [2.05, 4.69) is 22.8 Å². The lowest BCUT2D eigenvalue weighted by Gasteiger charge is -2.32. The number of alkyl halides is 1. The molecule has 0 saturated carbocycles. The number of halogens is 2. The smallest absolute Gasteiger partial charge is 0.319 e. The fourth-order valence-electron chi connectivity index (χ4n) is 7.25. The quantitative estimate of drug-likeness (QED) is 0.297. The number of hydrogen-bond acceptors (Lipinski definition) is 9. The largest absolute Gasteiger partial charge is 0.461 e. The van der Waals surface area contributed by atoms with Gasteiger partial charge in [-0.2, -0.15) is 15.2 Å². The topological polar surface area (TPSA) is 101 Å². The lowest BCUT2D eigenvalue weighted by Crippen LogP contribution is -2.43. The van der Waals surface area contributed by atoms with Gasteiger partial charge in [0.15, 0.2) is 0 Å². The third-order valence-electron chi connectivity index (χ3n) is 9.49. The Morgan fingerprint density at radius 3 is 2.88 bits per heavy atom. The van der Waals surface area contributed by atoms with Crippen molar-refractivity contribution in [1.29, 1.82) is 5.26 Å². The Morgan fingerprint density at radius 1 is 1.21 bits per heavy atom. The first-order valence-electron chi connectivity index (χ1n) is 14.9. The van der Waals surface area contributed by atoms with Crippen LogP contribution in [0.3, 0.4) is 0 Å². The van der Waals surface area contributed by atoms with Crippen LogP contribution in [-0.4, -0.2) is 72.1 Å². The molecule has 2 aromatic heterocycles. The minimum atomic E-state index is -0.850. The van der Waals surface area contributed by atoms with Gasteiger partial charge in [0.25, 0.3) is 0 Å². The summed E-state index contributed by atoms with van der Waals surface area (Å²) in [7, 11) is 0. The monoisotopic (exact) mass is 604 g/mol. The number of nitrogen functional groups attached to an aromatic ring is 1. The second-order valence-electron chi connectivity index (χ2n) is 12.0. The molecule has 43 heavy (non-hydrogen) atoms. The van der Waals surface area contributed by atoms with Crippen molar-refractivity contribution in [3.8, 4) is 23.2 Å². The molecule has 0 amide bonds. The van der Waals surface area contributed by atoms with Crippen molar-refractivity contribution in [1.82, 2.24) is 14.9 Å². The maximum Gasteiger partial charge on any atom is 0.319 e. The second kappa shape index (κ2) is 10.8. The average molecular weight is 605 g/mol. The summed E-state index contributed by atoms with van der Waals surface area (Å²) in [6, 6.07) is 9.71. The zero-order valence-electron chi connectivity index (χ0n) is 24.3. The van der Waals surface area contributed by atoms with Gasteiger partial charge in [0.2, 0.25) is 0 Å². The second-order valence-corrected chi connectivity index (χ2v) is 13.1. The molecule has 3 fully saturated rings. The molecular formula is C32H34F2N6O2S. The summed E-state index contributed by atoms with van der Waals surface area (Å²) < 4.78 is 41.8. The molecule has 11 heteroatoms. The highest BCUT2D eigenvalue weighted by atomic mass is 32.1. The number of fused-ring (bicyclic) bond motifs is 3. The first-order chi connectivity index (χ1) is 20.8. The van der Waals surface area contributed by atoms with Crippen LogP contribution < -0.4 is 15.4 Å². The van der Waals surface area contributed by atoms with Crippen molar-refractivity contribution >= 4 is 43.1 Å². The van der Waals surface area contributed by atoms with E-state index in [4.69, 9.17) is 25.2 Å². The van der Waals surface area contributed by atoms with Gasteiger partial charge in [0.1, 0.15) is 35.5 Å². The fraction of sp³-hybridized carbons (Fsp3) is 0.469. The number of rotatable bonds is 5. The molecule has 0 radical (unpaired) electrons. The average Bonchev–Trinajstić information content (AvgIpc) is 3.57. The summed E-state index contributed by atoms with van der Waals surface area (Å²) in [5.41, 5.74) is 9.21. The minimum Gasteiger partial charge on any atom is -0.461 e. The molecule has 224 valence electrons. The number of aromatic nitrogens is 2. The molecule has 3 aliphatic heterocycles. The molecule has 2 N–H and O–H groups in total. The minimum absolute atomic E-state index is 0.183. The number of nitriles is 1. The molecular weight excluding hydrogens is 570 g/mol. The molecule has 2 aromatic carbocycles. The molecule has 0 aliphatic carbocycles. The van der Waals surface area contributed by atoms with Gasteiger partial charge in [-0.1, -0.05) is 12.1 Å². The number of benzene rings is 2. The van der Waals surface area contributed by atoms with E-state index >= 15 is 0 Å². The van der Waals surface area contributed by atoms with Crippen LogP contribution in [0.5, 0.6) is 6.01 Å². The van der Waals surface area contributed by atoms with E-state index in [1.165, 1.54) is 6.07 Å². The van der Waals surface area contributed by atoms with Crippen LogP contribution in [0.1, 0.15) is 43.7 Å². The molecule has 0 unspecified atom stereocenters. The molecule has 0 bridgehead atoms. The third kappa shape index (κ3) is 4.67. The van der Waals surface area contributed by atoms with Gasteiger partial charge in [-0.05, 0) is 68.5 Å². The normalized spacial score (nSPS) is 24.4. The number of hydrogen-bond donors (Lipinski definition) is 1. The molecule has 3 saturated heterocycles. The number of anilines is 2. The molecule has 3 atom stereocenters. The standard InChI is InChI=1S/C32H34F2N6O2S/c1-18-8-12-41-13-11-40(18)30-23-5-4-21(22-6-7-25(34)28-26(22)24(15-35)29(36)43-28)19(2)27(23)37-31(38-30)42-17-32-9-3-10-39(32)16-20(33)14-32/h4-7,18,20H,3,8-14,16-17,36H2,1-2H3/t18-,20+,32-/m0/s1. The third-order valence-corrected chi connectivity index (χ3v) is 10.5. The van der Waals surface area contributed by atoms with Crippen molar-refractivity contribution in [2.45, 2.75) is 57.3 Å². The lowest BCUT2D eigenvalue weighted by atomic mass is 9.94. The molecule has 3 aliphatic rings. The van der Waals surface area contributed by atoms with Gasteiger partial charge >= 0.3 is 6.01 Å². The molecule has 7 rings (SSSR count). The highest BCUT2D eigenvalue weighted by molar-refractivity contribution is 7.23. The van der Waals surface area contributed by atoms with E-state index in [1.807, 2.05) is 19.1 Å². The number of nitrogens with zero attached hydrogens (tertiary/aromatic N) is 5. The van der Waals surface area contributed by atoms with E-state index in [0.29, 0.717) is 59.9 Å². The number of ether oxygens (including phenoxy) is 2. The van der Waals surface area contributed by atoms with Crippen molar-refractivity contribution in [2.24, 2.45) is 0 Å². The first kappa shape index (κ1) is 28.2. The van der Waals surface area contributed by atoms with Crippen LogP contribution in [0, 0.1) is 24.1 Å². The van der Waals surface area contributed by atoms with E-state index in [9.17, 15) is 14.0 Å². The molecule has 0 spiro atoms. The van der Waals surface area contributed by atoms with Crippen molar-refractivity contribution in [2.75, 3.05) is 50.1 Å². The van der Waals surface area contributed by atoms with Gasteiger partial charge in [-0.15, -0.1) is 11.3 Å². The zero-order chi connectivity index (χ0) is 29.9. The van der Waals surface area contributed by atoms with E-state index in [-0.39, 0.29) is 23.2 Å². The van der Waals surface area contributed by atoms with Gasteiger partial charge in [-0.3, -0.25) is 4.90 Å². The van der Waals surface area contributed by atoms with Crippen LogP contribution in [-0.2, 0) is 4.74 Å². The highest BCUT2D eigenvalue weighted by Crippen LogP contribution is 2.44. The summed E-state index contributed by atoms with van der Waals surface area (Å²) in [4.78, 5) is 14.4. The first-order valence-corrected chi connectivity index (χ1v) is 15.7. The van der Waals surface area contributed by atoms with Gasteiger partial charge in [-0.25, -0.2) is 8.78 Å². The lowest BCUT2D eigenvalue weighted by molar-refractivity contribution is 0.107. The number of thiophene rings is 1. The predicted molar refractivity (Wildman–Crippen MR) is 165 cm³/mol. The Kier molecular flexibility index (Phi) is 7.11. The summed E-state index contributed by atoms with van der Waals surface area (Å²) in [6.07, 6.45) is 2.39. The van der Waals surface area contributed by atoms with Crippen LogP contribution in [0.2, 0.25) is 0 Å². The van der Waals surface area contributed by atoms with Crippen LogP contribution in [0.25, 0.3) is 32.1 Å². The predicted octanol–water partition coefficient (Wildman–Crippen LogP) is 5.98. The maximum absolute atomic E-state index is 14.8. The van der Waals surface area contributed by atoms with Crippen molar-refractivity contribution in [3.63, 3.8) is 0 Å². The Labute approximate surface area is 253 Å². The SMILES string of the molecule is Cc1c(-c2ccc(F)c3sc(N)c(C#N)c23)ccc2c(N3CCOCC[C@@H]3C)nc(OC[C@@]34CCCN3C[C@H](F)C4)nc12. The maximum atomic E-state index is 14.8. The molecule has 5 heterocycles. The van der Waals surface area contributed by atoms with Crippen molar-refractivity contribution < 1.29 is 18.3 Å². The van der Waals surface area contributed by atoms with Gasteiger partial charge in [0, 0.05) is 42.9 Å². The van der Waals surface area contributed by atoms with Gasteiger partial charge < -0.3 is 20.1 Å². The van der Waals surface area contributed by atoms with Crippen LogP contribution >= 0.6 is 11.3 Å². The summed E-state index contributed by atoms with van der Waals surface area (Å²) in [5.74, 6) is 0.362. The van der Waals surface area contributed by atoms with E-state index < -0.39 is 12.0 Å². The Morgan fingerprint density at radius 2 is 2.05 bits per heavy atom. The number of nitrogens with two attached hydrogens (primary N) is 1. The molecule has 8 nitrogen and oxygen atoms in total. The Bertz CT molecular complexity index is 1770. The van der Waals surface area contributed by atoms with Crippen molar-refractivity contribution in [3.05, 3.63) is 41.2 Å². The van der Waals surface area contributed by atoms with Gasteiger partial charge in [0.05, 0.1) is 27.9 Å². The fourth-order valence-corrected chi connectivity index (χ4v) is 8.20. The van der Waals surface area contributed by atoms with Crippen LogP contribution in [0.4, 0.5) is 19.6 Å². The summed E-state index contributed by atoms with van der Waals surface area (Å²) in [5, 5.41) is 11.6. The van der Waals surface area contributed by atoms with E-state index in [1.54, 1.807) is 6.07 Å². The Hall–Kier alpha value is -3.59. The molecule has 4 aromatic rings. The van der Waals surface area contributed by atoms with E-state index in [0.717, 1.165) is 65.0 Å². The zero-order valence-corrected chi connectivity index (χ0v) is 25.1.